The van der Waals surface area contributed by atoms with Crippen molar-refractivity contribution >= 4 is 11.9 Å². The van der Waals surface area contributed by atoms with Gasteiger partial charge in [-0.3, -0.25) is 9.59 Å². The van der Waals surface area contributed by atoms with Crippen LogP contribution in [0.15, 0.2) is 24.3 Å². The largest absolute Gasteiger partial charge is 0.497 e. The van der Waals surface area contributed by atoms with Crippen molar-refractivity contribution in [1.82, 2.24) is 4.90 Å². The second-order valence-corrected chi connectivity index (χ2v) is 6.71. The monoisotopic (exact) mass is 357 g/mol. The van der Waals surface area contributed by atoms with Gasteiger partial charge in [-0.1, -0.05) is 12.1 Å². The molecule has 5 nitrogen and oxygen atoms in total. The van der Waals surface area contributed by atoms with Gasteiger partial charge in [0.1, 0.15) is 11.8 Å². The smallest absolute Gasteiger partial charge is 0.409 e. The maximum Gasteiger partial charge on any atom is 0.409 e. The molecule has 2 aliphatic rings. The molecule has 1 aliphatic heterocycles. The van der Waals surface area contributed by atoms with E-state index in [4.69, 9.17) is 4.74 Å². The highest BCUT2D eigenvalue weighted by Gasteiger charge is 2.67. The molecule has 1 aromatic carbocycles. The first-order chi connectivity index (χ1) is 11.7. The number of rotatable bonds is 4. The summed E-state index contributed by atoms with van der Waals surface area (Å²) in [5.41, 5.74) is -0.557. The highest BCUT2D eigenvalue weighted by Crippen LogP contribution is 2.61. The summed E-state index contributed by atoms with van der Waals surface area (Å²) < 4.78 is 46.1. The molecule has 3 rings (SSSR count). The summed E-state index contributed by atoms with van der Waals surface area (Å²) in [6, 6.07) is 4.00. The second kappa shape index (κ2) is 5.93. The molecule has 1 N–H and O–H groups in total. The average Bonchev–Trinajstić information content (AvgIpc) is 3.28. The Morgan fingerprint density at radius 1 is 1.32 bits per heavy atom. The molecule has 1 spiro atoms. The molecule has 1 aliphatic carbocycles. The van der Waals surface area contributed by atoms with Gasteiger partial charge in [0.15, 0.2) is 0 Å². The van der Waals surface area contributed by atoms with E-state index in [9.17, 15) is 27.9 Å². The van der Waals surface area contributed by atoms with E-state index in [0.717, 1.165) is 0 Å². The summed E-state index contributed by atoms with van der Waals surface area (Å²) in [4.78, 5) is 24.7. The number of hydrogen-bond acceptors (Lipinski definition) is 3. The van der Waals surface area contributed by atoms with Crippen LogP contribution in [-0.4, -0.2) is 41.2 Å². The van der Waals surface area contributed by atoms with Crippen molar-refractivity contribution in [3.8, 4) is 5.75 Å². The van der Waals surface area contributed by atoms with E-state index >= 15 is 0 Å². The Morgan fingerprint density at radius 2 is 1.92 bits per heavy atom. The number of carbonyl (C=O) groups is 2. The van der Waals surface area contributed by atoms with Gasteiger partial charge in [-0.25, -0.2) is 0 Å². The normalized spacial score (nSPS) is 25.1. The number of carboxylic acid groups (broad SMARTS) is 1. The lowest BCUT2D eigenvalue weighted by Crippen LogP contribution is -2.61. The molecular formula is C17H18F3NO4. The lowest BCUT2D eigenvalue weighted by Gasteiger charge is -2.44. The topological polar surface area (TPSA) is 66.8 Å². The molecule has 1 saturated carbocycles. The Morgan fingerprint density at radius 3 is 2.36 bits per heavy atom. The SMILES string of the molecule is COc1ccc(CN2C(=O)CC3(CC3)C(C(=O)O)C2C(F)(F)F)cc1. The molecule has 136 valence electrons. The number of likely N-dealkylation sites (tertiary alicyclic amines) is 1. The first-order valence-corrected chi connectivity index (χ1v) is 7.90. The Hall–Kier alpha value is -2.25. The highest BCUT2D eigenvalue weighted by molar-refractivity contribution is 5.84. The molecule has 8 heteroatoms. The Bertz CT molecular complexity index is 682. The maximum atomic E-state index is 13.7. The van der Waals surface area contributed by atoms with Crippen molar-refractivity contribution in [2.75, 3.05) is 7.11 Å². The van der Waals surface area contributed by atoms with Crippen molar-refractivity contribution < 1.29 is 32.6 Å². The lowest BCUT2D eigenvalue weighted by atomic mass is 9.75. The molecule has 2 unspecified atom stereocenters. The van der Waals surface area contributed by atoms with Crippen LogP contribution >= 0.6 is 0 Å². The van der Waals surface area contributed by atoms with E-state index in [0.29, 0.717) is 29.1 Å². The first-order valence-electron chi connectivity index (χ1n) is 7.90. The molecule has 25 heavy (non-hydrogen) atoms. The van der Waals surface area contributed by atoms with Crippen LogP contribution in [0.5, 0.6) is 5.75 Å². The number of carboxylic acids is 1. The first kappa shape index (κ1) is 17.6. The number of methoxy groups -OCH3 is 1. The van der Waals surface area contributed by atoms with Crippen LogP contribution in [0.4, 0.5) is 13.2 Å². The number of amides is 1. The fraction of sp³-hybridized carbons (Fsp3) is 0.529. The standard InChI is InChI=1S/C17H18F3NO4/c1-25-11-4-2-10(3-5-11)9-21-12(22)8-16(6-7-16)13(15(23)24)14(21)17(18,19)20/h2-5,13-14H,6-9H2,1H3,(H,23,24). The zero-order valence-electron chi connectivity index (χ0n) is 13.5. The summed E-state index contributed by atoms with van der Waals surface area (Å²) in [6.45, 7) is -0.285. The molecule has 2 fully saturated rings. The highest BCUT2D eigenvalue weighted by atomic mass is 19.4. The van der Waals surface area contributed by atoms with Crippen LogP contribution < -0.4 is 4.74 Å². The Kier molecular flexibility index (Phi) is 4.17. The van der Waals surface area contributed by atoms with Crippen LogP contribution in [0, 0.1) is 11.3 Å². The average molecular weight is 357 g/mol. The number of hydrogen-bond donors (Lipinski definition) is 1. The summed E-state index contributed by atoms with van der Waals surface area (Å²) in [5, 5.41) is 9.43. The van der Waals surface area contributed by atoms with E-state index < -0.39 is 35.4 Å². The predicted octanol–water partition coefficient (Wildman–Crippen LogP) is 2.84. The minimum absolute atomic E-state index is 0.146. The van der Waals surface area contributed by atoms with E-state index in [-0.39, 0.29) is 13.0 Å². The van der Waals surface area contributed by atoms with Gasteiger partial charge in [-0.05, 0) is 36.0 Å². The number of aliphatic carboxylic acids is 1. The fourth-order valence-electron chi connectivity index (χ4n) is 3.71. The Labute approximate surface area is 142 Å². The van der Waals surface area contributed by atoms with Gasteiger partial charge in [0.05, 0.1) is 13.0 Å². The van der Waals surface area contributed by atoms with E-state index in [2.05, 4.69) is 0 Å². The summed E-state index contributed by atoms with van der Waals surface area (Å²) in [7, 11) is 1.47. The van der Waals surface area contributed by atoms with Gasteiger partial charge in [0, 0.05) is 13.0 Å². The van der Waals surface area contributed by atoms with Crippen LogP contribution in [0.25, 0.3) is 0 Å². The van der Waals surface area contributed by atoms with E-state index in [1.807, 2.05) is 0 Å². The zero-order valence-corrected chi connectivity index (χ0v) is 13.5. The molecule has 2 atom stereocenters. The predicted molar refractivity (Wildman–Crippen MR) is 80.8 cm³/mol. The van der Waals surface area contributed by atoms with Gasteiger partial charge in [-0.2, -0.15) is 13.2 Å². The number of halogens is 3. The van der Waals surface area contributed by atoms with Gasteiger partial charge >= 0.3 is 12.1 Å². The number of piperidine rings is 1. The van der Waals surface area contributed by atoms with Gasteiger partial charge in [-0.15, -0.1) is 0 Å². The number of nitrogens with zero attached hydrogens (tertiary/aromatic N) is 1. The number of benzene rings is 1. The molecule has 1 heterocycles. The van der Waals surface area contributed by atoms with Crippen LogP contribution in [0.3, 0.4) is 0 Å². The van der Waals surface area contributed by atoms with Crippen molar-refractivity contribution in [2.45, 2.75) is 38.0 Å². The summed E-state index contributed by atoms with van der Waals surface area (Å²) >= 11 is 0. The summed E-state index contributed by atoms with van der Waals surface area (Å²) in [6.07, 6.45) is -4.26. The van der Waals surface area contributed by atoms with Crippen LogP contribution in [0.1, 0.15) is 24.8 Å². The van der Waals surface area contributed by atoms with Crippen molar-refractivity contribution in [1.29, 1.82) is 0 Å². The Balaban J connectivity index is 1.94. The quantitative estimate of drug-likeness (QED) is 0.900. The zero-order chi connectivity index (χ0) is 18.4. The molecule has 0 aromatic heterocycles. The fourth-order valence-corrected chi connectivity index (χ4v) is 3.71. The third-order valence-corrected chi connectivity index (χ3v) is 5.14. The minimum Gasteiger partial charge on any atom is -0.497 e. The number of alkyl halides is 3. The molecule has 0 bridgehead atoms. The van der Waals surface area contributed by atoms with E-state index in [1.54, 1.807) is 24.3 Å². The second-order valence-electron chi connectivity index (χ2n) is 6.71. The molecule has 1 aromatic rings. The third-order valence-electron chi connectivity index (χ3n) is 5.14. The van der Waals surface area contributed by atoms with Crippen LogP contribution in [0.2, 0.25) is 0 Å². The molecule has 0 radical (unpaired) electrons. The van der Waals surface area contributed by atoms with Gasteiger partial charge < -0.3 is 14.7 Å². The van der Waals surface area contributed by atoms with Crippen molar-refractivity contribution in [3.05, 3.63) is 29.8 Å². The van der Waals surface area contributed by atoms with Crippen molar-refractivity contribution in [2.24, 2.45) is 11.3 Å². The summed E-state index contributed by atoms with van der Waals surface area (Å²) in [5.74, 6) is -3.22. The minimum atomic E-state index is -4.80. The molecule has 1 saturated heterocycles. The van der Waals surface area contributed by atoms with Crippen LogP contribution in [-0.2, 0) is 16.1 Å². The lowest BCUT2D eigenvalue weighted by molar-refractivity contribution is -0.222. The van der Waals surface area contributed by atoms with Gasteiger partial charge in [0.2, 0.25) is 5.91 Å². The van der Waals surface area contributed by atoms with Crippen molar-refractivity contribution in [3.63, 3.8) is 0 Å². The molecular weight excluding hydrogens is 339 g/mol. The number of carbonyl (C=O) groups excluding carboxylic acids is 1. The van der Waals surface area contributed by atoms with E-state index in [1.165, 1.54) is 7.11 Å². The molecule has 1 amide bonds. The third kappa shape index (κ3) is 3.17. The van der Waals surface area contributed by atoms with Gasteiger partial charge in [0.25, 0.3) is 0 Å². The number of ether oxygens (including phenoxy) is 1. The maximum absolute atomic E-state index is 13.7.